The summed E-state index contributed by atoms with van der Waals surface area (Å²) in [5.41, 5.74) is 0. The molecule has 0 spiro atoms. The van der Waals surface area contributed by atoms with Crippen LogP contribution in [0.3, 0.4) is 0 Å². The number of halogens is 1. The SMILES string of the molecule is Cn1cnc(-c2cnc(C3CCN(C(=O)CCl)CC3)s2)n1. The Morgan fingerprint density at radius 2 is 2.19 bits per heavy atom. The molecule has 1 saturated heterocycles. The molecule has 8 heteroatoms. The fourth-order valence-corrected chi connectivity index (χ4v) is 3.68. The van der Waals surface area contributed by atoms with Gasteiger partial charge in [0.2, 0.25) is 5.91 Å². The summed E-state index contributed by atoms with van der Waals surface area (Å²) in [6, 6.07) is 0. The van der Waals surface area contributed by atoms with Gasteiger partial charge in [0.1, 0.15) is 12.2 Å². The first-order valence-electron chi connectivity index (χ1n) is 6.83. The van der Waals surface area contributed by atoms with Gasteiger partial charge in [-0.2, -0.15) is 5.10 Å². The van der Waals surface area contributed by atoms with Gasteiger partial charge in [0.05, 0.1) is 9.88 Å². The van der Waals surface area contributed by atoms with Gasteiger partial charge in [0, 0.05) is 32.3 Å². The molecule has 0 unspecified atom stereocenters. The normalized spacial score (nSPS) is 16.4. The van der Waals surface area contributed by atoms with E-state index in [1.165, 1.54) is 0 Å². The van der Waals surface area contributed by atoms with Crippen molar-refractivity contribution in [3.63, 3.8) is 0 Å². The summed E-state index contributed by atoms with van der Waals surface area (Å²) in [6.07, 6.45) is 5.40. The van der Waals surface area contributed by atoms with Crippen molar-refractivity contribution in [1.29, 1.82) is 0 Å². The molecule has 112 valence electrons. The molecule has 21 heavy (non-hydrogen) atoms. The average Bonchev–Trinajstić information content (AvgIpc) is 3.15. The van der Waals surface area contributed by atoms with Crippen LogP contribution in [0.15, 0.2) is 12.5 Å². The molecule has 0 N–H and O–H groups in total. The van der Waals surface area contributed by atoms with Crippen LogP contribution in [0.4, 0.5) is 0 Å². The molecule has 0 aromatic carbocycles. The molecule has 6 nitrogen and oxygen atoms in total. The van der Waals surface area contributed by atoms with Gasteiger partial charge in [-0.1, -0.05) is 0 Å². The fourth-order valence-electron chi connectivity index (χ4n) is 2.49. The number of rotatable bonds is 3. The van der Waals surface area contributed by atoms with Crippen LogP contribution in [0.2, 0.25) is 0 Å². The van der Waals surface area contributed by atoms with E-state index in [1.54, 1.807) is 22.3 Å². The molecule has 1 fully saturated rings. The van der Waals surface area contributed by atoms with Crippen LogP contribution in [0.1, 0.15) is 23.8 Å². The summed E-state index contributed by atoms with van der Waals surface area (Å²) in [4.78, 5) is 23.1. The highest BCUT2D eigenvalue weighted by molar-refractivity contribution is 7.15. The number of likely N-dealkylation sites (tertiary alicyclic amines) is 1. The Morgan fingerprint density at radius 3 is 2.81 bits per heavy atom. The van der Waals surface area contributed by atoms with E-state index in [0.29, 0.717) is 5.92 Å². The molecule has 3 heterocycles. The van der Waals surface area contributed by atoms with Crippen molar-refractivity contribution < 1.29 is 4.79 Å². The number of piperidine rings is 1. The van der Waals surface area contributed by atoms with Gasteiger partial charge in [0.15, 0.2) is 5.82 Å². The molecule has 3 rings (SSSR count). The average molecular weight is 326 g/mol. The summed E-state index contributed by atoms with van der Waals surface area (Å²) in [6.45, 7) is 1.51. The zero-order valence-corrected chi connectivity index (χ0v) is 13.3. The quantitative estimate of drug-likeness (QED) is 0.808. The highest BCUT2D eigenvalue weighted by Gasteiger charge is 2.25. The standard InChI is InChI=1S/C13H16ClN5OS/c1-18-8-16-12(17-18)10-7-15-13(21-10)9-2-4-19(5-3-9)11(20)6-14/h7-9H,2-6H2,1H3. The van der Waals surface area contributed by atoms with Gasteiger partial charge in [-0.25, -0.2) is 9.97 Å². The third kappa shape index (κ3) is 3.08. The monoisotopic (exact) mass is 325 g/mol. The Kier molecular flexibility index (Phi) is 4.21. The number of carbonyl (C=O) groups is 1. The van der Waals surface area contributed by atoms with Crippen molar-refractivity contribution in [2.45, 2.75) is 18.8 Å². The third-order valence-corrected chi connectivity index (χ3v) is 5.04. The van der Waals surface area contributed by atoms with E-state index in [0.717, 1.165) is 41.6 Å². The Morgan fingerprint density at radius 1 is 1.43 bits per heavy atom. The first kappa shape index (κ1) is 14.5. The summed E-state index contributed by atoms with van der Waals surface area (Å²) >= 11 is 7.24. The van der Waals surface area contributed by atoms with Crippen molar-refractivity contribution in [3.05, 3.63) is 17.5 Å². The molecule has 0 bridgehead atoms. The molecule has 1 amide bonds. The molecule has 0 atom stereocenters. The highest BCUT2D eigenvalue weighted by Crippen LogP contribution is 2.33. The van der Waals surface area contributed by atoms with Crippen LogP contribution in [0, 0.1) is 0 Å². The van der Waals surface area contributed by atoms with E-state index < -0.39 is 0 Å². The number of carbonyl (C=O) groups excluding carboxylic acids is 1. The lowest BCUT2D eigenvalue weighted by Crippen LogP contribution is -2.38. The molecule has 2 aromatic rings. The molecule has 2 aromatic heterocycles. The number of hydrogen-bond donors (Lipinski definition) is 0. The van der Waals surface area contributed by atoms with Gasteiger partial charge in [-0.15, -0.1) is 22.9 Å². The maximum atomic E-state index is 11.6. The van der Waals surface area contributed by atoms with E-state index in [1.807, 2.05) is 18.1 Å². The molecule has 1 aliphatic heterocycles. The molecule has 0 aliphatic carbocycles. The van der Waals surface area contributed by atoms with Gasteiger partial charge in [0.25, 0.3) is 0 Å². The largest absolute Gasteiger partial charge is 0.342 e. The van der Waals surface area contributed by atoms with E-state index in [-0.39, 0.29) is 11.8 Å². The van der Waals surface area contributed by atoms with Crippen molar-refractivity contribution in [2.75, 3.05) is 19.0 Å². The topological polar surface area (TPSA) is 63.9 Å². The van der Waals surface area contributed by atoms with Crippen LogP contribution in [-0.2, 0) is 11.8 Å². The predicted molar refractivity (Wildman–Crippen MR) is 81.4 cm³/mol. The van der Waals surface area contributed by atoms with Gasteiger partial charge < -0.3 is 4.90 Å². The van der Waals surface area contributed by atoms with Gasteiger partial charge in [-0.05, 0) is 12.8 Å². The number of nitrogens with zero attached hydrogens (tertiary/aromatic N) is 5. The number of amides is 1. The number of alkyl halides is 1. The second-order valence-corrected chi connectivity index (χ2v) is 6.42. The van der Waals surface area contributed by atoms with Gasteiger partial charge >= 0.3 is 0 Å². The highest BCUT2D eigenvalue weighted by atomic mass is 35.5. The van der Waals surface area contributed by atoms with E-state index >= 15 is 0 Å². The van der Waals surface area contributed by atoms with Crippen molar-refractivity contribution >= 4 is 28.8 Å². The van der Waals surface area contributed by atoms with Crippen LogP contribution in [0.5, 0.6) is 0 Å². The maximum absolute atomic E-state index is 11.6. The summed E-state index contributed by atoms with van der Waals surface area (Å²) in [7, 11) is 1.85. The predicted octanol–water partition coefficient (Wildman–Crippen LogP) is 1.88. The minimum Gasteiger partial charge on any atom is -0.342 e. The molecule has 1 aliphatic rings. The second-order valence-electron chi connectivity index (χ2n) is 5.09. The Balaban J connectivity index is 1.66. The lowest BCUT2D eigenvalue weighted by molar-refractivity contribution is -0.129. The van der Waals surface area contributed by atoms with Crippen LogP contribution < -0.4 is 0 Å². The Hall–Kier alpha value is -1.47. The van der Waals surface area contributed by atoms with Crippen molar-refractivity contribution in [2.24, 2.45) is 7.05 Å². The number of thiazole rings is 1. The summed E-state index contributed by atoms with van der Waals surface area (Å²) < 4.78 is 1.69. The van der Waals surface area contributed by atoms with Crippen molar-refractivity contribution in [3.8, 4) is 10.7 Å². The lowest BCUT2D eigenvalue weighted by Gasteiger charge is -2.30. The Bertz CT molecular complexity index is 632. The molecular formula is C13H16ClN5OS. The van der Waals surface area contributed by atoms with E-state index in [2.05, 4.69) is 15.1 Å². The Labute approximate surface area is 131 Å². The van der Waals surface area contributed by atoms with Crippen LogP contribution in [0.25, 0.3) is 10.7 Å². The fraction of sp³-hybridized carbons (Fsp3) is 0.538. The van der Waals surface area contributed by atoms with Crippen LogP contribution >= 0.6 is 22.9 Å². The minimum atomic E-state index is 0.0210. The number of aryl methyl sites for hydroxylation is 1. The molecule has 0 radical (unpaired) electrons. The number of hydrogen-bond acceptors (Lipinski definition) is 5. The summed E-state index contributed by atoms with van der Waals surface area (Å²) in [5, 5.41) is 5.40. The lowest BCUT2D eigenvalue weighted by atomic mass is 9.97. The van der Waals surface area contributed by atoms with Crippen molar-refractivity contribution in [1.82, 2.24) is 24.6 Å². The van der Waals surface area contributed by atoms with Crippen LogP contribution in [-0.4, -0.2) is 49.5 Å². The zero-order valence-electron chi connectivity index (χ0n) is 11.7. The smallest absolute Gasteiger partial charge is 0.237 e. The number of aromatic nitrogens is 4. The summed E-state index contributed by atoms with van der Waals surface area (Å²) in [5.74, 6) is 1.22. The first-order valence-corrected chi connectivity index (χ1v) is 8.18. The first-order chi connectivity index (χ1) is 10.2. The molecular weight excluding hydrogens is 310 g/mol. The van der Waals surface area contributed by atoms with Gasteiger partial charge in [-0.3, -0.25) is 9.48 Å². The van der Waals surface area contributed by atoms with E-state index in [4.69, 9.17) is 11.6 Å². The van der Waals surface area contributed by atoms with E-state index in [9.17, 15) is 4.79 Å². The third-order valence-electron chi connectivity index (χ3n) is 3.65. The zero-order chi connectivity index (χ0) is 14.8. The second kappa shape index (κ2) is 6.11. The maximum Gasteiger partial charge on any atom is 0.237 e. The molecule has 0 saturated carbocycles. The minimum absolute atomic E-state index is 0.0210.